The monoisotopic (exact) mass is 194 g/mol. The summed E-state index contributed by atoms with van der Waals surface area (Å²) in [5, 5.41) is 0. The number of aromatic nitrogens is 1. The van der Waals surface area contributed by atoms with Crippen LogP contribution in [0.4, 0.5) is 0 Å². The van der Waals surface area contributed by atoms with Gasteiger partial charge in [-0.3, -0.25) is 0 Å². The van der Waals surface area contributed by atoms with Crippen molar-refractivity contribution in [3.8, 4) is 0 Å². The molecule has 1 heterocycles. The van der Waals surface area contributed by atoms with Crippen molar-refractivity contribution in [3.05, 3.63) is 24.8 Å². The normalized spacial score (nSPS) is 10.7. The van der Waals surface area contributed by atoms with E-state index in [1.165, 1.54) is 25.7 Å². The summed E-state index contributed by atoms with van der Waals surface area (Å²) in [5.41, 5.74) is 1.10. The third kappa shape index (κ3) is 3.95. The summed E-state index contributed by atoms with van der Waals surface area (Å²) in [5.74, 6) is 0.838. The second-order valence-corrected chi connectivity index (χ2v) is 3.65. The van der Waals surface area contributed by atoms with Crippen LogP contribution in [0.15, 0.2) is 10.7 Å². The molecule has 0 amide bonds. The molecule has 1 rings (SSSR count). The van der Waals surface area contributed by atoms with Crippen molar-refractivity contribution in [2.45, 2.75) is 51.9 Å². The molecule has 0 fully saturated rings. The summed E-state index contributed by atoms with van der Waals surface area (Å²) in [4.78, 5) is 4.39. The van der Waals surface area contributed by atoms with Gasteiger partial charge < -0.3 is 4.42 Å². The Labute approximate surface area is 86.7 Å². The molecular weight excluding hydrogens is 174 g/mol. The fourth-order valence-electron chi connectivity index (χ4n) is 1.46. The number of unbranched alkanes of at least 4 members (excludes halogenated alkanes) is 3. The van der Waals surface area contributed by atoms with Gasteiger partial charge in [-0.15, -0.1) is 0 Å². The van der Waals surface area contributed by atoms with Crippen LogP contribution in [0, 0.1) is 6.92 Å². The lowest BCUT2D eigenvalue weighted by molar-refractivity contribution is 0.494. The molecule has 0 spiro atoms. The van der Waals surface area contributed by atoms with Gasteiger partial charge in [0, 0.05) is 6.42 Å². The zero-order valence-corrected chi connectivity index (χ0v) is 9.09. The maximum Gasteiger partial charge on any atom is 0.194 e. The molecule has 0 aliphatic heterocycles. The van der Waals surface area contributed by atoms with Crippen molar-refractivity contribution >= 4 is 0 Å². The van der Waals surface area contributed by atoms with Crippen LogP contribution in [0.1, 0.15) is 50.6 Å². The van der Waals surface area contributed by atoms with Gasteiger partial charge in [0.1, 0.15) is 6.26 Å². The quantitative estimate of drug-likeness (QED) is 0.620. The van der Waals surface area contributed by atoms with E-state index in [2.05, 4.69) is 18.8 Å². The van der Waals surface area contributed by atoms with Crippen LogP contribution in [0.2, 0.25) is 0 Å². The van der Waals surface area contributed by atoms with E-state index in [0.717, 1.165) is 30.8 Å². The Hall–Kier alpha value is -0.790. The van der Waals surface area contributed by atoms with Crippen LogP contribution in [-0.4, -0.2) is 4.98 Å². The minimum atomic E-state index is 0.838. The molecule has 1 radical (unpaired) electrons. The highest BCUT2D eigenvalue weighted by Crippen LogP contribution is 2.09. The van der Waals surface area contributed by atoms with Crippen LogP contribution in [0.25, 0.3) is 0 Å². The van der Waals surface area contributed by atoms with Gasteiger partial charge in [-0.2, -0.15) is 0 Å². The zero-order valence-electron chi connectivity index (χ0n) is 9.09. The number of oxazole rings is 1. The minimum absolute atomic E-state index is 0.838. The van der Waals surface area contributed by atoms with Crippen molar-refractivity contribution in [2.75, 3.05) is 0 Å². The number of rotatable bonds is 7. The van der Waals surface area contributed by atoms with E-state index in [0.29, 0.717) is 0 Å². The van der Waals surface area contributed by atoms with E-state index < -0.39 is 0 Å². The first kappa shape index (κ1) is 11.3. The van der Waals surface area contributed by atoms with Gasteiger partial charge in [0.15, 0.2) is 5.89 Å². The summed E-state index contributed by atoms with van der Waals surface area (Å²) < 4.78 is 5.31. The lowest BCUT2D eigenvalue weighted by Gasteiger charge is -1.95. The summed E-state index contributed by atoms with van der Waals surface area (Å²) in [6, 6.07) is 0. The minimum Gasteiger partial charge on any atom is -0.449 e. The summed E-state index contributed by atoms with van der Waals surface area (Å²) in [6.07, 6.45) is 9.69. The lowest BCUT2D eigenvalue weighted by Crippen LogP contribution is -1.88. The molecule has 0 aliphatic carbocycles. The van der Waals surface area contributed by atoms with E-state index in [1.54, 1.807) is 6.26 Å². The average molecular weight is 194 g/mol. The van der Waals surface area contributed by atoms with Crippen LogP contribution in [0.5, 0.6) is 0 Å². The van der Waals surface area contributed by atoms with Crippen LogP contribution in [0.3, 0.4) is 0 Å². The zero-order chi connectivity index (χ0) is 10.2. The molecule has 0 aliphatic rings. The first-order valence-electron chi connectivity index (χ1n) is 5.59. The number of nitrogens with zero attached hydrogens (tertiary/aromatic N) is 1. The maximum atomic E-state index is 5.31. The first-order chi connectivity index (χ1) is 6.86. The molecule has 0 saturated carbocycles. The Kier molecular flexibility index (Phi) is 5.35. The highest BCUT2D eigenvalue weighted by Gasteiger charge is 2.01. The fourth-order valence-corrected chi connectivity index (χ4v) is 1.46. The Morgan fingerprint density at radius 3 is 2.86 bits per heavy atom. The summed E-state index contributed by atoms with van der Waals surface area (Å²) in [7, 11) is 0. The molecule has 0 saturated heterocycles. The maximum absolute atomic E-state index is 5.31. The molecule has 2 nitrogen and oxygen atoms in total. The van der Waals surface area contributed by atoms with Gasteiger partial charge in [-0.25, -0.2) is 4.98 Å². The molecule has 0 atom stereocenters. The Bertz CT molecular complexity index is 242. The van der Waals surface area contributed by atoms with E-state index in [9.17, 15) is 0 Å². The predicted octanol–water partition coefficient (Wildman–Crippen LogP) is 3.56. The molecule has 14 heavy (non-hydrogen) atoms. The fraction of sp³-hybridized carbons (Fsp3) is 0.667. The van der Waals surface area contributed by atoms with Gasteiger partial charge in [-0.1, -0.05) is 33.1 Å². The standard InChI is InChI=1S/C12H20NO/c1-3-5-6-7-9-11-10-14-12(13-11)8-4-2/h10H,2-9H2,1H3. The van der Waals surface area contributed by atoms with Gasteiger partial charge in [-0.05, 0) is 19.3 Å². The Balaban J connectivity index is 2.22. The van der Waals surface area contributed by atoms with Gasteiger partial charge >= 0.3 is 0 Å². The van der Waals surface area contributed by atoms with Crippen molar-refractivity contribution in [1.82, 2.24) is 4.98 Å². The summed E-state index contributed by atoms with van der Waals surface area (Å²) >= 11 is 0. The van der Waals surface area contributed by atoms with Crippen molar-refractivity contribution < 1.29 is 4.42 Å². The summed E-state index contributed by atoms with van der Waals surface area (Å²) in [6.45, 7) is 6.00. The van der Waals surface area contributed by atoms with E-state index in [4.69, 9.17) is 4.42 Å². The van der Waals surface area contributed by atoms with Gasteiger partial charge in [0.2, 0.25) is 0 Å². The first-order valence-corrected chi connectivity index (χ1v) is 5.59. The van der Waals surface area contributed by atoms with Gasteiger partial charge in [0.05, 0.1) is 5.69 Å². The van der Waals surface area contributed by atoms with Crippen molar-refractivity contribution in [1.29, 1.82) is 0 Å². The molecule has 79 valence electrons. The van der Waals surface area contributed by atoms with E-state index >= 15 is 0 Å². The third-order valence-electron chi connectivity index (χ3n) is 2.28. The topological polar surface area (TPSA) is 26.0 Å². The smallest absolute Gasteiger partial charge is 0.194 e. The Morgan fingerprint density at radius 2 is 2.14 bits per heavy atom. The molecule has 2 heteroatoms. The SMILES string of the molecule is [CH2]CCc1nc(CCCCCC)co1. The highest BCUT2D eigenvalue weighted by molar-refractivity contribution is 4.96. The van der Waals surface area contributed by atoms with Crippen LogP contribution < -0.4 is 0 Å². The van der Waals surface area contributed by atoms with Crippen molar-refractivity contribution in [3.63, 3.8) is 0 Å². The number of aryl methyl sites for hydroxylation is 2. The molecule has 0 bridgehead atoms. The lowest BCUT2D eigenvalue weighted by atomic mass is 10.1. The molecule has 0 unspecified atom stereocenters. The number of hydrogen-bond acceptors (Lipinski definition) is 2. The molecular formula is C12H20NO. The van der Waals surface area contributed by atoms with Crippen molar-refractivity contribution in [2.24, 2.45) is 0 Å². The largest absolute Gasteiger partial charge is 0.449 e. The second-order valence-electron chi connectivity index (χ2n) is 3.65. The Morgan fingerprint density at radius 1 is 1.29 bits per heavy atom. The molecule has 1 aromatic heterocycles. The van der Waals surface area contributed by atoms with Crippen LogP contribution in [-0.2, 0) is 12.8 Å². The highest BCUT2D eigenvalue weighted by atomic mass is 16.3. The second kappa shape index (κ2) is 6.63. The van der Waals surface area contributed by atoms with E-state index in [-0.39, 0.29) is 0 Å². The molecule has 1 aromatic rings. The third-order valence-corrected chi connectivity index (χ3v) is 2.28. The van der Waals surface area contributed by atoms with E-state index in [1.807, 2.05) is 0 Å². The predicted molar refractivity (Wildman–Crippen MR) is 58.0 cm³/mol. The molecule has 0 aromatic carbocycles. The van der Waals surface area contributed by atoms with Crippen LogP contribution >= 0.6 is 0 Å². The average Bonchev–Trinajstić information content (AvgIpc) is 2.61. The number of hydrogen-bond donors (Lipinski definition) is 0. The molecule has 0 N–H and O–H groups in total. The van der Waals surface area contributed by atoms with Gasteiger partial charge in [0.25, 0.3) is 0 Å².